The summed E-state index contributed by atoms with van der Waals surface area (Å²) in [4.78, 5) is 12.0. The molecule has 0 saturated heterocycles. The van der Waals surface area contributed by atoms with E-state index in [1.165, 1.54) is 37.8 Å². The molecule has 2 saturated carbocycles. The Labute approximate surface area is 127 Å². The molecule has 2 aliphatic rings. The molecule has 1 aromatic carbocycles. The number of hydrogen-bond donors (Lipinski definition) is 2. The summed E-state index contributed by atoms with van der Waals surface area (Å²) in [5.74, 6) is 1.16. The average molecular weight is 312 g/mol. The first-order valence-corrected chi connectivity index (χ1v) is 7.64. The molecule has 0 atom stereocenters. The smallest absolute Gasteiger partial charge is 0.376 e. The fourth-order valence-corrected chi connectivity index (χ4v) is 2.73. The van der Waals surface area contributed by atoms with E-state index in [2.05, 4.69) is 10.6 Å². The Hall–Kier alpha value is -1.72. The minimum atomic E-state index is -4.34. The third-order valence-electron chi connectivity index (χ3n) is 4.25. The number of carbonyl (C=O) groups excluding carboxylic acids is 1. The second-order valence-electron chi connectivity index (χ2n) is 6.20. The van der Waals surface area contributed by atoms with E-state index in [0.29, 0.717) is 23.6 Å². The molecule has 0 radical (unpaired) electrons. The van der Waals surface area contributed by atoms with Gasteiger partial charge in [0.25, 0.3) is 0 Å². The molecule has 1 aromatic rings. The molecule has 0 bridgehead atoms. The normalized spacial score (nSPS) is 18.4. The van der Waals surface area contributed by atoms with Crippen LogP contribution in [0.3, 0.4) is 0 Å². The van der Waals surface area contributed by atoms with Gasteiger partial charge in [-0.05, 0) is 61.8 Å². The summed E-state index contributed by atoms with van der Waals surface area (Å²) >= 11 is 0. The van der Waals surface area contributed by atoms with Gasteiger partial charge in [0.15, 0.2) is 0 Å². The van der Waals surface area contributed by atoms with Crippen LogP contribution in [0.15, 0.2) is 24.3 Å². The van der Waals surface area contributed by atoms with E-state index in [1.807, 2.05) is 0 Å². The lowest BCUT2D eigenvalue weighted by atomic mass is 10.1. The summed E-state index contributed by atoms with van der Waals surface area (Å²) in [5, 5.41) is 5.93. The van der Waals surface area contributed by atoms with Crippen molar-refractivity contribution >= 4 is 11.6 Å². The number of alkyl halides is 3. The summed E-state index contributed by atoms with van der Waals surface area (Å²) in [5.41, 5.74) is -0.178. The molecule has 2 fully saturated rings. The fourth-order valence-electron chi connectivity index (χ4n) is 2.73. The van der Waals surface area contributed by atoms with Crippen LogP contribution >= 0.6 is 0 Å². The van der Waals surface area contributed by atoms with E-state index < -0.39 is 11.7 Å². The van der Waals surface area contributed by atoms with Crippen LogP contribution in [-0.2, 0) is 11.0 Å². The SMILES string of the molecule is O=C(CNc1ccc(C(F)(F)F)cc1)NC(C1CC1)C1CC1. The Morgan fingerprint density at radius 1 is 1.09 bits per heavy atom. The Morgan fingerprint density at radius 3 is 2.09 bits per heavy atom. The molecule has 3 nitrogen and oxygen atoms in total. The van der Waals surface area contributed by atoms with Crippen molar-refractivity contribution in [2.24, 2.45) is 11.8 Å². The maximum Gasteiger partial charge on any atom is 0.416 e. The summed E-state index contributed by atoms with van der Waals surface area (Å²) in [6.45, 7) is 0.0846. The summed E-state index contributed by atoms with van der Waals surface area (Å²) in [7, 11) is 0. The second kappa shape index (κ2) is 5.82. The van der Waals surface area contributed by atoms with Gasteiger partial charge in [-0.2, -0.15) is 13.2 Å². The van der Waals surface area contributed by atoms with Crippen molar-refractivity contribution in [1.29, 1.82) is 0 Å². The Morgan fingerprint density at radius 2 is 1.64 bits per heavy atom. The summed E-state index contributed by atoms with van der Waals surface area (Å²) < 4.78 is 37.4. The highest BCUT2D eigenvalue weighted by molar-refractivity contribution is 5.81. The standard InChI is InChI=1S/C16H19F3N2O/c17-16(18,19)12-5-7-13(8-6-12)20-9-14(22)21-15(10-1-2-10)11-3-4-11/h5-8,10-11,15,20H,1-4,9H2,(H,21,22). The highest BCUT2D eigenvalue weighted by Crippen LogP contribution is 2.44. The van der Waals surface area contributed by atoms with Crippen LogP contribution in [0.2, 0.25) is 0 Å². The molecule has 0 heterocycles. The van der Waals surface area contributed by atoms with Crippen molar-refractivity contribution in [2.45, 2.75) is 37.9 Å². The number of rotatable bonds is 6. The van der Waals surface area contributed by atoms with Crippen molar-refractivity contribution in [2.75, 3.05) is 11.9 Å². The van der Waals surface area contributed by atoms with Gasteiger partial charge >= 0.3 is 6.18 Å². The minimum Gasteiger partial charge on any atom is -0.376 e. The van der Waals surface area contributed by atoms with E-state index in [0.717, 1.165) is 12.1 Å². The largest absolute Gasteiger partial charge is 0.416 e. The number of nitrogens with one attached hydrogen (secondary N) is 2. The van der Waals surface area contributed by atoms with Crippen LogP contribution in [0.5, 0.6) is 0 Å². The van der Waals surface area contributed by atoms with E-state index in [1.54, 1.807) is 0 Å². The molecular weight excluding hydrogens is 293 g/mol. The number of carbonyl (C=O) groups is 1. The first-order chi connectivity index (χ1) is 10.4. The van der Waals surface area contributed by atoms with Crippen LogP contribution in [-0.4, -0.2) is 18.5 Å². The molecular formula is C16H19F3N2O. The van der Waals surface area contributed by atoms with Crippen molar-refractivity contribution in [3.8, 4) is 0 Å². The zero-order valence-electron chi connectivity index (χ0n) is 12.1. The lowest BCUT2D eigenvalue weighted by Gasteiger charge is -2.18. The van der Waals surface area contributed by atoms with Gasteiger partial charge in [-0.25, -0.2) is 0 Å². The molecule has 0 aliphatic heterocycles. The zero-order chi connectivity index (χ0) is 15.7. The van der Waals surface area contributed by atoms with Gasteiger partial charge in [-0.3, -0.25) is 4.79 Å². The number of hydrogen-bond acceptors (Lipinski definition) is 2. The molecule has 2 aliphatic carbocycles. The van der Waals surface area contributed by atoms with Gasteiger partial charge in [-0.1, -0.05) is 0 Å². The predicted molar refractivity (Wildman–Crippen MR) is 77.3 cm³/mol. The molecule has 120 valence electrons. The number of amides is 1. The average Bonchev–Trinajstić information content (AvgIpc) is 3.36. The van der Waals surface area contributed by atoms with Gasteiger partial charge in [0.2, 0.25) is 5.91 Å². The summed E-state index contributed by atoms with van der Waals surface area (Å²) in [6, 6.07) is 5.00. The Kier molecular flexibility index (Phi) is 4.02. The molecule has 2 N–H and O–H groups in total. The Balaban J connectivity index is 1.48. The highest BCUT2D eigenvalue weighted by Gasteiger charge is 2.42. The first kappa shape index (κ1) is 15.2. The van der Waals surface area contributed by atoms with Gasteiger partial charge in [0.1, 0.15) is 0 Å². The van der Waals surface area contributed by atoms with Crippen LogP contribution in [0, 0.1) is 11.8 Å². The quantitative estimate of drug-likeness (QED) is 0.845. The number of halogens is 3. The van der Waals surface area contributed by atoms with Crippen molar-refractivity contribution < 1.29 is 18.0 Å². The fraction of sp³-hybridized carbons (Fsp3) is 0.562. The maximum absolute atomic E-state index is 12.5. The van der Waals surface area contributed by atoms with Gasteiger partial charge < -0.3 is 10.6 Å². The van der Waals surface area contributed by atoms with Crippen LogP contribution < -0.4 is 10.6 Å². The monoisotopic (exact) mass is 312 g/mol. The highest BCUT2D eigenvalue weighted by atomic mass is 19.4. The third kappa shape index (κ3) is 3.93. The zero-order valence-corrected chi connectivity index (χ0v) is 12.1. The lowest BCUT2D eigenvalue weighted by molar-refractivity contribution is -0.137. The third-order valence-corrected chi connectivity index (χ3v) is 4.25. The Bertz CT molecular complexity index is 521. The molecule has 0 aromatic heterocycles. The van der Waals surface area contributed by atoms with Crippen LogP contribution in [0.4, 0.5) is 18.9 Å². The van der Waals surface area contributed by atoms with E-state index in [4.69, 9.17) is 0 Å². The van der Waals surface area contributed by atoms with Crippen molar-refractivity contribution in [3.05, 3.63) is 29.8 Å². The maximum atomic E-state index is 12.5. The molecule has 0 unspecified atom stereocenters. The van der Waals surface area contributed by atoms with Crippen molar-refractivity contribution in [1.82, 2.24) is 5.32 Å². The van der Waals surface area contributed by atoms with Crippen molar-refractivity contribution in [3.63, 3.8) is 0 Å². The van der Waals surface area contributed by atoms with Gasteiger partial charge in [0.05, 0.1) is 12.1 Å². The van der Waals surface area contributed by atoms with Gasteiger partial charge in [0, 0.05) is 11.7 Å². The number of benzene rings is 1. The molecule has 1 amide bonds. The topological polar surface area (TPSA) is 41.1 Å². The van der Waals surface area contributed by atoms with E-state index in [9.17, 15) is 18.0 Å². The van der Waals surface area contributed by atoms with Gasteiger partial charge in [-0.15, -0.1) is 0 Å². The molecule has 3 rings (SSSR count). The van der Waals surface area contributed by atoms with Crippen LogP contribution in [0.1, 0.15) is 31.2 Å². The van der Waals surface area contributed by atoms with E-state index in [-0.39, 0.29) is 12.5 Å². The molecule has 6 heteroatoms. The lowest BCUT2D eigenvalue weighted by Crippen LogP contribution is -2.41. The number of anilines is 1. The minimum absolute atomic E-state index is 0.0846. The second-order valence-corrected chi connectivity index (χ2v) is 6.20. The molecule has 0 spiro atoms. The summed E-state index contributed by atoms with van der Waals surface area (Å²) in [6.07, 6.45) is 0.417. The predicted octanol–water partition coefficient (Wildman–Crippen LogP) is 3.42. The molecule has 22 heavy (non-hydrogen) atoms. The van der Waals surface area contributed by atoms with Crippen LogP contribution in [0.25, 0.3) is 0 Å². The van der Waals surface area contributed by atoms with E-state index >= 15 is 0 Å². The first-order valence-electron chi connectivity index (χ1n) is 7.64.